The monoisotopic (exact) mass is 290 g/mol. The van der Waals surface area contributed by atoms with Gasteiger partial charge in [-0.2, -0.15) is 5.10 Å². The second kappa shape index (κ2) is 7.64. The number of rotatable bonds is 8. The summed E-state index contributed by atoms with van der Waals surface area (Å²) in [6.07, 6.45) is 2.38. The fraction of sp³-hybridized carbons (Fsp3) is 0.467. The SMILES string of the molecule is CCOc1cc(Cc2nc(CCCN)n[nH]2)ccc1OC. The van der Waals surface area contributed by atoms with Crippen LogP contribution in [0.4, 0.5) is 0 Å². The molecule has 114 valence electrons. The van der Waals surface area contributed by atoms with E-state index in [1.165, 1.54) is 0 Å². The van der Waals surface area contributed by atoms with Crippen LogP contribution in [-0.2, 0) is 12.8 Å². The van der Waals surface area contributed by atoms with Gasteiger partial charge in [-0.1, -0.05) is 6.07 Å². The van der Waals surface area contributed by atoms with Crippen molar-refractivity contribution in [2.75, 3.05) is 20.3 Å². The molecule has 0 spiro atoms. The van der Waals surface area contributed by atoms with E-state index in [4.69, 9.17) is 15.2 Å². The van der Waals surface area contributed by atoms with Crippen LogP contribution in [0.3, 0.4) is 0 Å². The Morgan fingerprint density at radius 2 is 2.14 bits per heavy atom. The lowest BCUT2D eigenvalue weighted by molar-refractivity contribution is 0.310. The molecule has 0 aliphatic carbocycles. The molecular weight excluding hydrogens is 268 g/mol. The normalized spacial score (nSPS) is 10.6. The summed E-state index contributed by atoms with van der Waals surface area (Å²) >= 11 is 0. The fourth-order valence-electron chi connectivity index (χ4n) is 2.08. The lowest BCUT2D eigenvalue weighted by atomic mass is 10.1. The van der Waals surface area contributed by atoms with E-state index < -0.39 is 0 Å². The fourth-order valence-corrected chi connectivity index (χ4v) is 2.08. The molecule has 0 aliphatic rings. The number of methoxy groups -OCH3 is 1. The molecule has 0 saturated carbocycles. The summed E-state index contributed by atoms with van der Waals surface area (Å²) < 4.78 is 10.9. The first-order valence-electron chi connectivity index (χ1n) is 7.16. The molecule has 21 heavy (non-hydrogen) atoms. The summed E-state index contributed by atoms with van der Waals surface area (Å²) in [5.41, 5.74) is 6.59. The molecule has 0 atom stereocenters. The van der Waals surface area contributed by atoms with Gasteiger partial charge in [0.1, 0.15) is 5.82 Å². The first-order valence-corrected chi connectivity index (χ1v) is 7.16. The third-order valence-electron chi connectivity index (χ3n) is 3.08. The quantitative estimate of drug-likeness (QED) is 0.772. The lowest BCUT2D eigenvalue weighted by Gasteiger charge is -2.10. The zero-order valence-electron chi connectivity index (χ0n) is 12.6. The van der Waals surface area contributed by atoms with Crippen molar-refractivity contribution in [2.45, 2.75) is 26.2 Å². The second-order valence-corrected chi connectivity index (χ2v) is 4.69. The molecule has 0 saturated heterocycles. The third kappa shape index (κ3) is 4.19. The van der Waals surface area contributed by atoms with E-state index in [1.54, 1.807) is 7.11 Å². The zero-order chi connectivity index (χ0) is 15.1. The number of hydrogen-bond acceptors (Lipinski definition) is 5. The Balaban J connectivity index is 2.08. The van der Waals surface area contributed by atoms with Crippen molar-refractivity contribution in [3.8, 4) is 11.5 Å². The molecule has 3 N–H and O–H groups in total. The van der Waals surface area contributed by atoms with Crippen molar-refractivity contribution < 1.29 is 9.47 Å². The van der Waals surface area contributed by atoms with E-state index in [0.29, 0.717) is 19.6 Å². The van der Waals surface area contributed by atoms with Crippen molar-refractivity contribution in [3.05, 3.63) is 35.4 Å². The number of aryl methyl sites for hydroxylation is 1. The minimum absolute atomic E-state index is 0.603. The van der Waals surface area contributed by atoms with Crippen LogP contribution in [-0.4, -0.2) is 35.4 Å². The van der Waals surface area contributed by atoms with Crippen LogP contribution in [0.15, 0.2) is 18.2 Å². The first-order chi connectivity index (χ1) is 10.3. The summed E-state index contributed by atoms with van der Waals surface area (Å²) in [5, 5.41) is 7.16. The molecule has 0 unspecified atom stereocenters. The predicted molar refractivity (Wildman–Crippen MR) is 80.7 cm³/mol. The van der Waals surface area contributed by atoms with Gasteiger partial charge in [0.25, 0.3) is 0 Å². The Hall–Kier alpha value is -2.08. The van der Waals surface area contributed by atoms with E-state index in [1.807, 2.05) is 25.1 Å². The average Bonchev–Trinajstić information content (AvgIpc) is 2.93. The van der Waals surface area contributed by atoms with Crippen LogP contribution in [0.2, 0.25) is 0 Å². The Kier molecular flexibility index (Phi) is 5.57. The van der Waals surface area contributed by atoms with E-state index in [-0.39, 0.29) is 0 Å². The number of nitrogens with one attached hydrogen (secondary N) is 1. The molecule has 2 rings (SSSR count). The van der Waals surface area contributed by atoms with E-state index in [9.17, 15) is 0 Å². The van der Waals surface area contributed by atoms with Gasteiger partial charge in [0.2, 0.25) is 0 Å². The standard InChI is InChI=1S/C15H22N4O2/c1-3-21-13-9-11(6-7-12(13)20-2)10-15-17-14(18-19-15)5-4-8-16/h6-7,9H,3-5,8,10,16H2,1-2H3,(H,17,18,19). The van der Waals surface area contributed by atoms with Gasteiger partial charge in [0, 0.05) is 12.8 Å². The largest absolute Gasteiger partial charge is 0.493 e. The molecule has 6 heteroatoms. The maximum absolute atomic E-state index is 5.58. The smallest absolute Gasteiger partial charge is 0.161 e. The number of nitrogens with two attached hydrogens (primary N) is 1. The van der Waals surface area contributed by atoms with Gasteiger partial charge in [-0.3, -0.25) is 5.10 Å². The van der Waals surface area contributed by atoms with Crippen LogP contribution in [0, 0.1) is 0 Å². The number of H-pyrrole nitrogens is 1. The van der Waals surface area contributed by atoms with E-state index >= 15 is 0 Å². The molecule has 1 aromatic heterocycles. The molecule has 0 amide bonds. The predicted octanol–water partition coefficient (Wildman–Crippen LogP) is 1.69. The summed E-state index contributed by atoms with van der Waals surface area (Å²) in [5.74, 6) is 3.14. The Morgan fingerprint density at radius 3 is 2.86 bits per heavy atom. The first kappa shape index (κ1) is 15.3. The van der Waals surface area contributed by atoms with Gasteiger partial charge in [0.15, 0.2) is 17.3 Å². The van der Waals surface area contributed by atoms with Crippen LogP contribution >= 0.6 is 0 Å². The molecule has 1 aromatic carbocycles. The van der Waals surface area contributed by atoms with Crippen molar-refractivity contribution in [1.29, 1.82) is 0 Å². The van der Waals surface area contributed by atoms with Crippen LogP contribution in [0.5, 0.6) is 11.5 Å². The van der Waals surface area contributed by atoms with Crippen molar-refractivity contribution in [1.82, 2.24) is 15.2 Å². The topological polar surface area (TPSA) is 86.0 Å². The van der Waals surface area contributed by atoms with Gasteiger partial charge >= 0.3 is 0 Å². The maximum Gasteiger partial charge on any atom is 0.161 e. The van der Waals surface area contributed by atoms with Crippen molar-refractivity contribution in [2.24, 2.45) is 5.73 Å². The van der Waals surface area contributed by atoms with Gasteiger partial charge in [0.05, 0.1) is 13.7 Å². The summed E-state index contributed by atoms with van der Waals surface area (Å²) in [4.78, 5) is 4.47. The average molecular weight is 290 g/mol. The highest BCUT2D eigenvalue weighted by atomic mass is 16.5. The van der Waals surface area contributed by atoms with Crippen LogP contribution < -0.4 is 15.2 Å². The highest BCUT2D eigenvalue weighted by Crippen LogP contribution is 2.28. The zero-order valence-corrected chi connectivity index (χ0v) is 12.6. The number of aromatic amines is 1. The Bertz CT molecular complexity index is 569. The highest BCUT2D eigenvalue weighted by molar-refractivity contribution is 5.43. The molecule has 0 aliphatic heterocycles. The van der Waals surface area contributed by atoms with Crippen LogP contribution in [0.1, 0.15) is 30.6 Å². The summed E-state index contributed by atoms with van der Waals surface area (Å²) in [6.45, 7) is 3.21. The molecule has 1 heterocycles. The van der Waals surface area contributed by atoms with Crippen LogP contribution in [0.25, 0.3) is 0 Å². The molecule has 0 bridgehead atoms. The molecular formula is C15H22N4O2. The highest BCUT2D eigenvalue weighted by Gasteiger charge is 2.08. The summed E-state index contributed by atoms with van der Waals surface area (Å²) in [6, 6.07) is 5.89. The van der Waals surface area contributed by atoms with E-state index in [2.05, 4.69) is 15.2 Å². The number of benzene rings is 1. The lowest BCUT2D eigenvalue weighted by Crippen LogP contribution is -2.01. The van der Waals surface area contributed by atoms with Crippen molar-refractivity contribution in [3.63, 3.8) is 0 Å². The Morgan fingerprint density at radius 1 is 1.29 bits per heavy atom. The molecule has 0 radical (unpaired) electrons. The van der Waals surface area contributed by atoms with Gasteiger partial charge in [-0.05, 0) is 37.6 Å². The van der Waals surface area contributed by atoms with Gasteiger partial charge in [-0.25, -0.2) is 4.98 Å². The number of nitrogens with zero attached hydrogens (tertiary/aromatic N) is 2. The van der Waals surface area contributed by atoms with Gasteiger partial charge in [-0.15, -0.1) is 0 Å². The minimum atomic E-state index is 0.603. The maximum atomic E-state index is 5.58. The molecule has 2 aromatic rings. The molecule has 0 fully saturated rings. The van der Waals surface area contributed by atoms with Gasteiger partial charge < -0.3 is 15.2 Å². The number of aromatic nitrogens is 3. The van der Waals surface area contributed by atoms with Crippen molar-refractivity contribution >= 4 is 0 Å². The third-order valence-corrected chi connectivity index (χ3v) is 3.08. The number of hydrogen-bond donors (Lipinski definition) is 2. The number of ether oxygens (including phenoxy) is 2. The van der Waals surface area contributed by atoms with E-state index in [0.717, 1.165) is 41.6 Å². The molecule has 6 nitrogen and oxygen atoms in total. The minimum Gasteiger partial charge on any atom is -0.493 e. The summed E-state index contributed by atoms with van der Waals surface area (Å²) in [7, 11) is 1.64. The Labute approximate surface area is 124 Å². The second-order valence-electron chi connectivity index (χ2n) is 4.69.